The number of hydrogen-bond acceptors (Lipinski definition) is 5. The Balaban J connectivity index is 1.87. The molecule has 0 saturated carbocycles. The van der Waals surface area contributed by atoms with E-state index in [2.05, 4.69) is 45.0 Å². The van der Waals surface area contributed by atoms with E-state index in [4.69, 9.17) is 22.6 Å². The van der Waals surface area contributed by atoms with Crippen molar-refractivity contribution in [2.45, 2.75) is 59.3 Å². The molecule has 0 bridgehead atoms. The summed E-state index contributed by atoms with van der Waals surface area (Å²) in [6.07, 6.45) is 5.60. The Morgan fingerprint density at radius 2 is 0.906 bits per heavy atom. The second-order valence-electron chi connectivity index (χ2n) is 8.24. The van der Waals surface area contributed by atoms with E-state index in [0.717, 1.165) is 60.1 Å². The molecule has 0 fully saturated rings. The second kappa shape index (κ2) is 9.93. The van der Waals surface area contributed by atoms with Gasteiger partial charge < -0.3 is 0 Å². The molecule has 0 aromatic heterocycles. The van der Waals surface area contributed by atoms with Gasteiger partial charge >= 0.3 is 191 Å². The van der Waals surface area contributed by atoms with E-state index in [0.29, 0.717) is 31.3 Å². The molecular formula is C26H35O5P. The molecule has 1 aliphatic heterocycles. The quantitative estimate of drug-likeness (QED) is 0.155. The summed E-state index contributed by atoms with van der Waals surface area (Å²) < 4.78 is 32.7. The van der Waals surface area contributed by atoms with E-state index < -0.39 is 7.74 Å². The van der Waals surface area contributed by atoms with Crippen molar-refractivity contribution in [1.29, 1.82) is 0 Å². The van der Waals surface area contributed by atoms with Gasteiger partial charge in [0.25, 0.3) is 0 Å². The maximum absolute atomic E-state index is 6.68. The van der Waals surface area contributed by atoms with E-state index in [-0.39, 0.29) is 0 Å². The van der Waals surface area contributed by atoms with Gasteiger partial charge in [0, 0.05) is 0 Å². The van der Waals surface area contributed by atoms with Crippen LogP contribution >= 0.6 is 7.74 Å². The van der Waals surface area contributed by atoms with Crippen LogP contribution in [0.15, 0.2) is 48.5 Å². The fraction of sp³-hybridized carbons (Fsp3) is 0.462. The third kappa shape index (κ3) is 4.32. The molecule has 0 saturated heterocycles. The van der Waals surface area contributed by atoms with Crippen molar-refractivity contribution in [3.8, 4) is 11.5 Å². The van der Waals surface area contributed by atoms with Crippen molar-refractivity contribution in [3.05, 3.63) is 48.5 Å². The van der Waals surface area contributed by atoms with Crippen LogP contribution in [-0.4, -0.2) is 19.8 Å². The van der Waals surface area contributed by atoms with Crippen LogP contribution in [0.5, 0.6) is 11.5 Å². The van der Waals surface area contributed by atoms with Crippen LogP contribution in [0.4, 0.5) is 0 Å². The van der Waals surface area contributed by atoms with E-state index >= 15 is 0 Å². The van der Waals surface area contributed by atoms with Crippen LogP contribution in [0.1, 0.15) is 59.3 Å². The second-order valence-corrected chi connectivity index (χ2v) is 10.9. The van der Waals surface area contributed by atoms with Gasteiger partial charge in [0.1, 0.15) is 0 Å². The maximum atomic E-state index is 6.68. The molecule has 0 radical (unpaired) electrons. The zero-order chi connectivity index (χ0) is 22.5. The molecule has 0 spiro atoms. The molecule has 0 unspecified atom stereocenters. The molecule has 0 N–H and O–H groups in total. The van der Waals surface area contributed by atoms with Crippen molar-refractivity contribution in [2.75, 3.05) is 19.8 Å². The van der Waals surface area contributed by atoms with Gasteiger partial charge in [0.2, 0.25) is 0 Å². The summed E-state index contributed by atoms with van der Waals surface area (Å²) in [6, 6.07) is 16.5. The summed E-state index contributed by atoms with van der Waals surface area (Å²) in [5.74, 6) is 1.31. The van der Waals surface area contributed by atoms with Gasteiger partial charge in [-0.25, -0.2) is 0 Å². The van der Waals surface area contributed by atoms with Gasteiger partial charge in [-0.2, -0.15) is 0 Å². The summed E-state index contributed by atoms with van der Waals surface area (Å²) in [5.41, 5.74) is 0. The number of benzene rings is 3. The fourth-order valence-corrected chi connectivity index (χ4v) is 6.74. The Kier molecular flexibility index (Phi) is 7.21. The van der Waals surface area contributed by atoms with Crippen LogP contribution in [-0.2, 0) is 13.6 Å². The van der Waals surface area contributed by atoms with Crippen molar-refractivity contribution in [2.24, 2.45) is 0 Å². The molecule has 0 amide bonds. The molecule has 1 aliphatic rings. The minimum atomic E-state index is -4.34. The fourth-order valence-electron chi connectivity index (χ4n) is 3.92. The Morgan fingerprint density at radius 1 is 0.562 bits per heavy atom. The predicted molar refractivity (Wildman–Crippen MR) is 132 cm³/mol. The molecule has 1 heterocycles. The van der Waals surface area contributed by atoms with Crippen molar-refractivity contribution < 1.29 is 22.6 Å². The SMILES string of the molecule is CCCCOP1(OCCCC)(OCCCC)Oc2c(c3ccccc3c3ccccc23)O1. The zero-order valence-corrected chi connectivity index (χ0v) is 20.4. The average Bonchev–Trinajstić information content (AvgIpc) is 3.17. The molecule has 6 heteroatoms. The number of hydrogen-bond donors (Lipinski definition) is 0. The third-order valence-electron chi connectivity index (χ3n) is 5.72. The molecule has 32 heavy (non-hydrogen) atoms. The number of unbranched alkanes of at least 4 members (excludes halogenated alkanes) is 3. The van der Waals surface area contributed by atoms with Gasteiger partial charge in [-0.3, -0.25) is 0 Å². The molecule has 3 aromatic rings. The van der Waals surface area contributed by atoms with Crippen LogP contribution in [0, 0.1) is 0 Å². The summed E-state index contributed by atoms with van der Waals surface area (Å²) in [6.45, 7) is 7.76. The Morgan fingerprint density at radius 3 is 1.25 bits per heavy atom. The van der Waals surface area contributed by atoms with E-state index in [1.54, 1.807) is 0 Å². The van der Waals surface area contributed by atoms with Crippen molar-refractivity contribution in [3.63, 3.8) is 0 Å². The summed E-state index contributed by atoms with van der Waals surface area (Å²) in [7, 11) is -4.34. The summed E-state index contributed by atoms with van der Waals surface area (Å²) in [5, 5.41) is 4.18. The van der Waals surface area contributed by atoms with Crippen LogP contribution in [0.3, 0.4) is 0 Å². The molecule has 5 nitrogen and oxygen atoms in total. The van der Waals surface area contributed by atoms with Gasteiger partial charge in [0.15, 0.2) is 0 Å². The normalized spacial score (nSPS) is 17.4. The van der Waals surface area contributed by atoms with Crippen LogP contribution < -0.4 is 9.05 Å². The Bertz CT molecular complexity index is 969. The first kappa shape index (κ1) is 23.3. The van der Waals surface area contributed by atoms with Crippen molar-refractivity contribution >= 4 is 29.3 Å². The molecular weight excluding hydrogens is 423 g/mol. The monoisotopic (exact) mass is 458 g/mol. The van der Waals surface area contributed by atoms with Crippen molar-refractivity contribution in [1.82, 2.24) is 0 Å². The first-order valence-corrected chi connectivity index (χ1v) is 13.8. The van der Waals surface area contributed by atoms with Gasteiger partial charge in [0.05, 0.1) is 0 Å². The van der Waals surface area contributed by atoms with E-state index in [9.17, 15) is 0 Å². The van der Waals surface area contributed by atoms with E-state index in [1.807, 2.05) is 24.3 Å². The minimum absolute atomic E-state index is 0.455. The summed E-state index contributed by atoms with van der Waals surface area (Å²) in [4.78, 5) is 0. The first-order chi connectivity index (χ1) is 15.7. The third-order valence-corrected chi connectivity index (χ3v) is 8.49. The van der Waals surface area contributed by atoms with Gasteiger partial charge in [-0.05, 0) is 0 Å². The molecule has 4 rings (SSSR count). The molecule has 0 atom stereocenters. The predicted octanol–water partition coefficient (Wildman–Crippen LogP) is 8.34. The zero-order valence-electron chi connectivity index (χ0n) is 19.5. The molecule has 174 valence electrons. The standard InChI is InChI=1S/C26H35O5P/c1-4-7-18-27-32(28-19-8-5-2,29-20-9-6-3)30-25-23-16-12-10-14-21(23)22-15-11-13-17-24(22)26(25)31-32/h10-17H,4-9,18-20H2,1-3H3. The number of fused-ring (bicyclic) bond motifs is 6. The summed E-state index contributed by atoms with van der Waals surface area (Å²) >= 11 is 0. The number of rotatable bonds is 12. The Labute approximate surface area is 191 Å². The Hall–Kier alpha value is -1.91. The van der Waals surface area contributed by atoms with E-state index in [1.165, 1.54) is 0 Å². The van der Waals surface area contributed by atoms with Crippen LogP contribution in [0.2, 0.25) is 0 Å². The van der Waals surface area contributed by atoms with Gasteiger partial charge in [-0.15, -0.1) is 0 Å². The first-order valence-electron chi connectivity index (χ1n) is 12.0. The van der Waals surface area contributed by atoms with Crippen LogP contribution in [0.25, 0.3) is 21.5 Å². The average molecular weight is 459 g/mol. The topological polar surface area (TPSA) is 46.2 Å². The van der Waals surface area contributed by atoms with Gasteiger partial charge in [-0.1, -0.05) is 0 Å². The molecule has 0 aliphatic carbocycles. The molecule has 3 aromatic carbocycles.